The minimum atomic E-state index is -4.39. The van der Waals surface area contributed by atoms with E-state index in [9.17, 15) is 18.0 Å². The SMILES string of the molecule is O=C(Cc1ccc(C(F)(F)F)cc1)Nc1c2c(nn1-c1ccccc1)CCC2. The number of hydrogen-bond acceptors (Lipinski definition) is 2. The van der Waals surface area contributed by atoms with Crippen molar-refractivity contribution in [1.82, 2.24) is 9.78 Å². The molecular formula is C21H18F3N3O. The van der Waals surface area contributed by atoms with E-state index in [1.807, 2.05) is 30.3 Å². The Morgan fingerprint density at radius 3 is 2.43 bits per heavy atom. The van der Waals surface area contributed by atoms with Gasteiger partial charge in [0.25, 0.3) is 0 Å². The number of carbonyl (C=O) groups excluding carboxylic acids is 1. The lowest BCUT2D eigenvalue weighted by Gasteiger charge is -2.11. The number of fused-ring (bicyclic) bond motifs is 1. The van der Waals surface area contributed by atoms with Crippen LogP contribution in [0.4, 0.5) is 19.0 Å². The van der Waals surface area contributed by atoms with Gasteiger partial charge in [0.05, 0.1) is 23.4 Å². The van der Waals surface area contributed by atoms with Crippen molar-refractivity contribution in [3.05, 3.63) is 77.0 Å². The van der Waals surface area contributed by atoms with E-state index >= 15 is 0 Å². The third kappa shape index (κ3) is 3.65. The van der Waals surface area contributed by atoms with E-state index < -0.39 is 11.7 Å². The molecule has 1 aliphatic carbocycles. The molecule has 1 aliphatic rings. The fraction of sp³-hybridized carbons (Fsp3) is 0.238. The van der Waals surface area contributed by atoms with Crippen molar-refractivity contribution in [2.24, 2.45) is 0 Å². The largest absolute Gasteiger partial charge is 0.416 e. The maximum atomic E-state index is 12.7. The second-order valence-corrected chi connectivity index (χ2v) is 6.79. The lowest BCUT2D eigenvalue weighted by Crippen LogP contribution is -2.18. The summed E-state index contributed by atoms with van der Waals surface area (Å²) in [4.78, 5) is 12.6. The van der Waals surface area contributed by atoms with E-state index in [1.54, 1.807) is 4.68 Å². The summed E-state index contributed by atoms with van der Waals surface area (Å²) in [7, 11) is 0. The molecule has 0 radical (unpaired) electrons. The van der Waals surface area contributed by atoms with Gasteiger partial charge in [0, 0.05) is 5.56 Å². The van der Waals surface area contributed by atoms with Crippen LogP contribution in [0.3, 0.4) is 0 Å². The number of para-hydroxylation sites is 1. The first kappa shape index (κ1) is 18.3. The first-order chi connectivity index (χ1) is 13.4. The third-order valence-electron chi connectivity index (χ3n) is 4.81. The summed E-state index contributed by atoms with van der Waals surface area (Å²) in [5, 5.41) is 7.56. The number of anilines is 1. The molecule has 7 heteroatoms. The zero-order valence-corrected chi connectivity index (χ0v) is 15.0. The van der Waals surface area contributed by atoms with E-state index in [-0.39, 0.29) is 12.3 Å². The molecule has 0 bridgehead atoms. The van der Waals surface area contributed by atoms with Gasteiger partial charge in [0.15, 0.2) is 0 Å². The molecule has 3 aromatic rings. The fourth-order valence-corrected chi connectivity index (χ4v) is 3.45. The zero-order valence-electron chi connectivity index (χ0n) is 15.0. The molecular weight excluding hydrogens is 367 g/mol. The third-order valence-corrected chi connectivity index (χ3v) is 4.81. The summed E-state index contributed by atoms with van der Waals surface area (Å²) in [5.74, 6) is 0.363. The second-order valence-electron chi connectivity index (χ2n) is 6.79. The second kappa shape index (κ2) is 7.14. The zero-order chi connectivity index (χ0) is 19.7. The molecule has 1 aromatic heterocycles. The van der Waals surface area contributed by atoms with Crippen LogP contribution in [0.15, 0.2) is 54.6 Å². The average molecular weight is 385 g/mol. The Balaban J connectivity index is 1.55. The highest BCUT2D eigenvalue weighted by Crippen LogP contribution is 2.31. The minimum Gasteiger partial charge on any atom is -0.310 e. The summed E-state index contributed by atoms with van der Waals surface area (Å²) in [6.45, 7) is 0. The molecule has 1 heterocycles. The molecule has 0 atom stereocenters. The number of rotatable bonds is 4. The average Bonchev–Trinajstić information content (AvgIpc) is 3.25. The van der Waals surface area contributed by atoms with Gasteiger partial charge in [-0.1, -0.05) is 30.3 Å². The lowest BCUT2D eigenvalue weighted by atomic mass is 10.1. The smallest absolute Gasteiger partial charge is 0.310 e. The van der Waals surface area contributed by atoms with Crippen LogP contribution in [0, 0.1) is 0 Å². The normalized spacial score (nSPS) is 13.4. The molecule has 0 saturated heterocycles. The predicted molar refractivity (Wildman–Crippen MR) is 99.4 cm³/mol. The Morgan fingerprint density at radius 2 is 1.75 bits per heavy atom. The van der Waals surface area contributed by atoms with Gasteiger partial charge < -0.3 is 5.32 Å². The van der Waals surface area contributed by atoms with Crippen LogP contribution in [-0.4, -0.2) is 15.7 Å². The Bertz CT molecular complexity index is 992. The van der Waals surface area contributed by atoms with Crippen LogP contribution in [0.25, 0.3) is 5.69 Å². The van der Waals surface area contributed by atoms with E-state index in [0.29, 0.717) is 11.4 Å². The summed E-state index contributed by atoms with van der Waals surface area (Å²) in [6.07, 6.45) is -1.68. The number of aromatic nitrogens is 2. The topological polar surface area (TPSA) is 46.9 Å². The molecule has 144 valence electrons. The molecule has 0 unspecified atom stereocenters. The number of aryl methyl sites for hydroxylation is 1. The van der Waals surface area contributed by atoms with Crippen LogP contribution in [0.1, 0.15) is 28.8 Å². The summed E-state index contributed by atoms with van der Waals surface area (Å²) >= 11 is 0. The molecule has 0 fully saturated rings. The molecule has 28 heavy (non-hydrogen) atoms. The van der Waals surface area contributed by atoms with Gasteiger partial charge in [0.2, 0.25) is 5.91 Å². The van der Waals surface area contributed by atoms with E-state index in [4.69, 9.17) is 0 Å². The Morgan fingerprint density at radius 1 is 1.04 bits per heavy atom. The van der Waals surface area contributed by atoms with Gasteiger partial charge in [-0.25, -0.2) is 4.68 Å². The minimum absolute atomic E-state index is 0.00706. The highest BCUT2D eigenvalue weighted by molar-refractivity contribution is 5.92. The number of carbonyl (C=O) groups is 1. The van der Waals surface area contributed by atoms with Gasteiger partial charge in [-0.3, -0.25) is 4.79 Å². The molecule has 0 aliphatic heterocycles. The van der Waals surface area contributed by atoms with Gasteiger partial charge in [-0.05, 0) is 49.1 Å². The number of nitrogens with zero attached hydrogens (tertiary/aromatic N) is 2. The standard InChI is InChI=1S/C21H18F3N3O/c22-21(23,24)15-11-9-14(10-12-15)13-19(28)25-20-17-7-4-8-18(17)26-27(20)16-5-2-1-3-6-16/h1-3,5-6,9-12H,4,7-8,13H2,(H,25,28). The first-order valence-corrected chi connectivity index (χ1v) is 9.04. The quantitative estimate of drug-likeness (QED) is 0.716. The fourth-order valence-electron chi connectivity index (χ4n) is 3.45. The Labute approximate surface area is 160 Å². The van der Waals surface area contributed by atoms with Gasteiger partial charge in [-0.15, -0.1) is 0 Å². The van der Waals surface area contributed by atoms with Crippen LogP contribution in [-0.2, 0) is 30.2 Å². The Kier molecular flexibility index (Phi) is 4.66. The maximum Gasteiger partial charge on any atom is 0.416 e. The van der Waals surface area contributed by atoms with Crippen molar-refractivity contribution in [1.29, 1.82) is 0 Å². The molecule has 1 amide bonds. The van der Waals surface area contributed by atoms with Crippen molar-refractivity contribution in [3.8, 4) is 5.69 Å². The van der Waals surface area contributed by atoms with Crippen molar-refractivity contribution in [2.45, 2.75) is 31.9 Å². The maximum absolute atomic E-state index is 12.7. The summed E-state index contributed by atoms with van der Waals surface area (Å²) < 4.78 is 39.8. The lowest BCUT2D eigenvalue weighted by molar-refractivity contribution is -0.137. The molecule has 2 aromatic carbocycles. The highest BCUT2D eigenvalue weighted by atomic mass is 19.4. The number of nitrogens with one attached hydrogen (secondary N) is 1. The Hall–Kier alpha value is -3.09. The van der Waals surface area contributed by atoms with Gasteiger partial charge in [-0.2, -0.15) is 18.3 Å². The van der Waals surface area contributed by atoms with Crippen molar-refractivity contribution in [2.75, 3.05) is 5.32 Å². The monoisotopic (exact) mass is 385 g/mol. The van der Waals surface area contributed by atoms with Crippen molar-refractivity contribution < 1.29 is 18.0 Å². The van der Waals surface area contributed by atoms with Crippen molar-refractivity contribution >= 4 is 11.7 Å². The van der Waals surface area contributed by atoms with Crippen LogP contribution in [0.5, 0.6) is 0 Å². The number of amides is 1. The van der Waals surface area contributed by atoms with Gasteiger partial charge in [0.1, 0.15) is 5.82 Å². The highest BCUT2D eigenvalue weighted by Gasteiger charge is 2.30. The number of hydrogen-bond donors (Lipinski definition) is 1. The summed E-state index contributed by atoms with van der Waals surface area (Å²) in [5.41, 5.74) is 2.66. The van der Waals surface area contributed by atoms with Crippen LogP contribution < -0.4 is 5.32 Å². The van der Waals surface area contributed by atoms with Crippen LogP contribution >= 0.6 is 0 Å². The predicted octanol–water partition coefficient (Wildman–Crippen LogP) is 4.56. The van der Waals surface area contributed by atoms with E-state index in [0.717, 1.165) is 48.3 Å². The van der Waals surface area contributed by atoms with Gasteiger partial charge >= 0.3 is 6.18 Å². The first-order valence-electron chi connectivity index (χ1n) is 9.04. The summed E-state index contributed by atoms with van der Waals surface area (Å²) in [6, 6.07) is 14.2. The van der Waals surface area contributed by atoms with E-state index in [1.165, 1.54) is 12.1 Å². The number of benzene rings is 2. The molecule has 4 nitrogen and oxygen atoms in total. The van der Waals surface area contributed by atoms with E-state index in [2.05, 4.69) is 10.4 Å². The molecule has 0 saturated carbocycles. The van der Waals surface area contributed by atoms with Crippen molar-refractivity contribution in [3.63, 3.8) is 0 Å². The molecule has 4 rings (SSSR count). The molecule has 1 N–H and O–H groups in total. The van der Waals surface area contributed by atoms with Crippen LogP contribution in [0.2, 0.25) is 0 Å². The number of alkyl halides is 3. The molecule has 0 spiro atoms. The number of halogens is 3.